The highest BCUT2D eigenvalue weighted by Crippen LogP contribution is 2.40. The molecule has 3 aromatic carbocycles. The van der Waals surface area contributed by atoms with E-state index in [1.807, 2.05) is 44.2 Å². The van der Waals surface area contributed by atoms with Crippen LogP contribution in [0.4, 0.5) is 8.78 Å². The van der Waals surface area contributed by atoms with Crippen molar-refractivity contribution >= 4 is 28.5 Å². The molecule has 0 spiro atoms. The Bertz CT molecular complexity index is 1290. The highest BCUT2D eigenvalue weighted by atomic mass is 35.5. The summed E-state index contributed by atoms with van der Waals surface area (Å²) in [5.41, 5.74) is 2.16. The van der Waals surface area contributed by atoms with Crippen LogP contribution in [0.15, 0.2) is 71.6 Å². The number of carbonyl (C=O) groups excluding carboxylic acids is 1. The van der Waals surface area contributed by atoms with E-state index in [4.69, 9.17) is 21.2 Å². The molecule has 0 radical (unpaired) electrons. The Morgan fingerprint density at radius 3 is 2.46 bits per heavy atom. The maximum absolute atomic E-state index is 14.9. The zero-order valence-corrected chi connectivity index (χ0v) is 23.2. The number of fused-ring (bicyclic) bond motifs is 2. The zero-order valence-electron chi connectivity index (χ0n) is 21.6. The predicted molar refractivity (Wildman–Crippen MR) is 145 cm³/mol. The molecule has 2 aliphatic heterocycles. The van der Waals surface area contributed by atoms with E-state index in [0.29, 0.717) is 24.4 Å². The normalized spacial score (nSPS) is 21.0. The number of piperazine rings is 1. The zero-order chi connectivity index (χ0) is 28.0. The maximum atomic E-state index is 14.9. The summed E-state index contributed by atoms with van der Waals surface area (Å²) in [4.78, 5) is 18.6. The van der Waals surface area contributed by atoms with Crippen molar-refractivity contribution in [2.45, 2.75) is 49.8 Å². The number of hydrogen-bond acceptors (Lipinski definition) is 5. The fraction of sp³-hybridized carbons (Fsp3) is 0.321. The molecule has 2 heterocycles. The molecule has 5 rings (SSSR count). The van der Waals surface area contributed by atoms with Crippen molar-refractivity contribution in [3.63, 3.8) is 0 Å². The number of rotatable bonds is 8. The van der Waals surface area contributed by atoms with Gasteiger partial charge in [-0.25, -0.2) is 18.5 Å². The van der Waals surface area contributed by atoms with Crippen LogP contribution in [0.3, 0.4) is 0 Å². The summed E-state index contributed by atoms with van der Waals surface area (Å²) in [7, 11) is -2.02. The number of ether oxygens (including phenoxy) is 1. The fourth-order valence-electron chi connectivity index (χ4n) is 4.69. The average Bonchev–Trinajstić information content (AvgIpc) is 3.18. The number of hydrogen-bond donors (Lipinski definition) is 2. The Hall–Kier alpha value is -2.89. The Labute approximate surface area is 234 Å². The van der Waals surface area contributed by atoms with Crippen LogP contribution in [0.5, 0.6) is 11.5 Å². The van der Waals surface area contributed by atoms with Crippen LogP contribution in [-0.2, 0) is 27.2 Å². The molecule has 2 saturated heterocycles. The lowest BCUT2D eigenvalue weighted by Crippen LogP contribution is -2.66. The van der Waals surface area contributed by atoms with Gasteiger partial charge < -0.3 is 10.1 Å². The summed E-state index contributed by atoms with van der Waals surface area (Å²) in [6.07, 6.45) is 1.01. The molecule has 0 aliphatic carbocycles. The molecule has 7 nitrogen and oxygen atoms in total. The first-order valence-corrected chi connectivity index (χ1v) is 14.2. The number of nitrogens with one attached hydrogen (secondary N) is 2. The van der Waals surface area contributed by atoms with Gasteiger partial charge in [-0.3, -0.25) is 9.63 Å². The Kier molecular flexibility index (Phi) is 9.68. The van der Waals surface area contributed by atoms with Gasteiger partial charge in [0, 0.05) is 24.2 Å². The van der Waals surface area contributed by atoms with Crippen molar-refractivity contribution in [3.05, 3.63) is 89.0 Å². The minimum atomic E-state index is -2.02. The highest BCUT2D eigenvalue weighted by molar-refractivity contribution is 7.82. The van der Waals surface area contributed by atoms with E-state index in [1.54, 1.807) is 4.31 Å². The standard InChI is InChI=1S/C26H24ClF2N3O4S.C2H6/c27-18-6-8-20(9-7-18)36-24-22(28)12-21(13-23(24)29)37(34)32-19-10-11-26(32,16-30-14-19)25(33)31-35-15-17-4-2-1-3-5-17;1-2/h1-9,12-13,19,30H,10-11,14-16H2,(H,31,33);1-2H3. The molecule has 0 aromatic heterocycles. The maximum Gasteiger partial charge on any atom is 0.266 e. The second-order valence-electron chi connectivity index (χ2n) is 8.91. The van der Waals surface area contributed by atoms with E-state index in [9.17, 15) is 17.8 Å². The van der Waals surface area contributed by atoms with E-state index >= 15 is 0 Å². The first-order valence-electron chi connectivity index (χ1n) is 12.7. The predicted octanol–water partition coefficient (Wildman–Crippen LogP) is 5.51. The van der Waals surface area contributed by atoms with Crippen molar-refractivity contribution in [3.8, 4) is 11.5 Å². The molecular formula is C28H30ClF2N3O4S. The van der Waals surface area contributed by atoms with Crippen molar-refractivity contribution in [2.24, 2.45) is 0 Å². The molecule has 39 heavy (non-hydrogen) atoms. The van der Waals surface area contributed by atoms with Gasteiger partial charge in [0.2, 0.25) is 0 Å². The average molecular weight is 578 g/mol. The van der Waals surface area contributed by atoms with Crippen molar-refractivity contribution in [1.82, 2.24) is 15.1 Å². The fourth-order valence-corrected chi connectivity index (χ4v) is 6.46. The molecule has 1 amide bonds. The summed E-state index contributed by atoms with van der Waals surface area (Å²) < 4.78 is 50.5. The molecule has 2 bridgehead atoms. The van der Waals surface area contributed by atoms with E-state index in [0.717, 1.165) is 17.7 Å². The first-order chi connectivity index (χ1) is 18.9. The molecule has 0 saturated carbocycles. The van der Waals surface area contributed by atoms with Gasteiger partial charge in [-0.2, -0.15) is 4.31 Å². The van der Waals surface area contributed by atoms with Gasteiger partial charge in [0.15, 0.2) is 17.4 Å². The van der Waals surface area contributed by atoms with Crippen LogP contribution in [-0.4, -0.2) is 39.1 Å². The summed E-state index contributed by atoms with van der Waals surface area (Å²) in [5.74, 6) is -2.90. The van der Waals surface area contributed by atoms with Crippen LogP contribution in [0.2, 0.25) is 5.02 Å². The topological polar surface area (TPSA) is 79.9 Å². The van der Waals surface area contributed by atoms with E-state index in [1.165, 1.54) is 24.3 Å². The number of amides is 1. The van der Waals surface area contributed by atoms with E-state index < -0.39 is 39.8 Å². The third-order valence-corrected chi connectivity index (χ3v) is 8.39. The first kappa shape index (κ1) is 29.1. The van der Waals surface area contributed by atoms with Gasteiger partial charge in [0.1, 0.15) is 22.3 Å². The van der Waals surface area contributed by atoms with Crippen LogP contribution in [0.25, 0.3) is 0 Å². The van der Waals surface area contributed by atoms with Gasteiger partial charge >= 0.3 is 0 Å². The lowest BCUT2D eigenvalue weighted by Gasteiger charge is -2.42. The molecule has 208 valence electrons. The number of nitrogens with zero attached hydrogens (tertiary/aromatic N) is 1. The van der Waals surface area contributed by atoms with Crippen molar-refractivity contribution in [1.29, 1.82) is 0 Å². The Morgan fingerprint density at radius 2 is 1.79 bits per heavy atom. The van der Waals surface area contributed by atoms with Gasteiger partial charge in [-0.1, -0.05) is 55.8 Å². The molecule has 3 atom stereocenters. The third-order valence-electron chi connectivity index (χ3n) is 6.50. The SMILES string of the molecule is CC.O=C(NOCc1ccccc1)C12CCC(CNC1)N2S(=O)c1cc(F)c(Oc2ccc(Cl)cc2)c(F)c1. The molecule has 2 fully saturated rings. The molecule has 2 aliphatic rings. The summed E-state index contributed by atoms with van der Waals surface area (Å²) in [6, 6.07) is 17.0. The Morgan fingerprint density at radius 1 is 1.13 bits per heavy atom. The van der Waals surface area contributed by atoms with Crippen LogP contribution >= 0.6 is 11.6 Å². The van der Waals surface area contributed by atoms with Crippen LogP contribution in [0.1, 0.15) is 32.3 Å². The minimum Gasteiger partial charge on any atom is -0.451 e. The van der Waals surface area contributed by atoms with Crippen LogP contribution in [0, 0.1) is 11.6 Å². The Balaban J connectivity index is 0.00000172. The lowest BCUT2D eigenvalue weighted by atomic mass is 9.97. The molecular weight excluding hydrogens is 548 g/mol. The largest absolute Gasteiger partial charge is 0.451 e. The third kappa shape index (κ3) is 6.31. The van der Waals surface area contributed by atoms with Gasteiger partial charge in [0.25, 0.3) is 5.91 Å². The van der Waals surface area contributed by atoms with Gasteiger partial charge in [-0.05, 0) is 54.8 Å². The van der Waals surface area contributed by atoms with E-state index in [-0.39, 0.29) is 29.8 Å². The van der Waals surface area contributed by atoms with Crippen LogP contribution < -0.4 is 15.5 Å². The number of benzene rings is 3. The second-order valence-corrected chi connectivity index (χ2v) is 10.7. The number of hydroxylamine groups is 1. The summed E-state index contributed by atoms with van der Waals surface area (Å²) >= 11 is 5.84. The lowest BCUT2D eigenvalue weighted by molar-refractivity contribution is -0.144. The van der Waals surface area contributed by atoms with Crippen molar-refractivity contribution in [2.75, 3.05) is 13.1 Å². The van der Waals surface area contributed by atoms with Gasteiger partial charge in [0.05, 0.1) is 11.5 Å². The smallest absolute Gasteiger partial charge is 0.266 e. The molecule has 2 N–H and O–H groups in total. The van der Waals surface area contributed by atoms with E-state index in [2.05, 4.69) is 10.8 Å². The van der Waals surface area contributed by atoms with Gasteiger partial charge in [-0.15, -0.1) is 0 Å². The number of carbonyl (C=O) groups is 1. The quantitative estimate of drug-likeness (QED) is 0.345. The monoisotopic (exact) mass is 577 g/mol. The molecule has 3 aromatic rings. The minimum absolute atomic E-state index is 0.102. The molecule has 3 unspecified atom stereocenters. The second kappa shape index (κ2) is 13.0. The summed E-state index contributed by atoms with van der Waals surface area (Å²) in [5, 5.41) is 3.66. The van der Waals surface area contributed by atoms with Crippen molar-refractivity contribution < 1.29 is 27.4 Å². The molecule has 11 heteroatoms. The summed E-state index contributed by atoms with van der Waals surface area (Å²) in [6.45, 7) is 4.88. The number of halogens is 3. The highest BCUT2D eigenvalue weighted by Gasteiger charge is 2.57.